The van der Waals surface area contributed by atoms with Crippen molar-refractivity contribution < 1.29 is 8.78 Å². The van der Waals surface area contributed by atoms with E-state index in [2.05, 4.69) is 24.0 Å². The Labute approximate surface area is 116 Å². The second-order valence-electron chi connectivity index (χ2n) is 4.96. The molecule has 0 unspecified atom stereocenters. The number of fused-ring (bicyclic) bond motifs is 1. The fourth-order valence-electron chi connectivity index (χ4n) is 2.50. The number of aryl methyl sites for hydroxylation is 1. The third kappa shape index (κ3) is 2.20. The SMILES string of the molecule is CCCc1ccc(-c2c[nH]c3cc(F)c(F)cc23)cc1. The van der Waals surface area contributed by atoms with Crippen LogP contribution in [0.25, 0.3) is 22.0 Å². The molecule has 0 aliphatic heterocycles. The number of nitrogens with one attached hydrogen (secondary N) is 1. The van der Waals surface area contributed by atoms with Gasteiger partial charge in [0.15, 0.2) is 11.6 Å². The molecule has 1 aromatic heterocycles. The van der Waals surface area contributed by atoms with Crippen molar-refractivity contribution >= 4 is 10.9 Å². The van der Waals surface area contributed by atoms with E-state index >= 15 is 0 Å². The molecule has 1 nitrogen and oxygen atoms in total. The molecule has 20 heavy (non-hydrogen) atoms. The first-order valence-corrected chi connectivity index (χ1v) is 6.74. The Kier molecular flexibility index (Phi) is 3.26. The first-order chi connectivity index (χ1) is 9.69. The molecule has 0 bridgehead atoms. The fraction of sp³-hybridized carbons (Fsp3) is 0.176. The van der Waals surface area contributed by atoms with E-state index < -0.39 is 11.6 Å². The number of aromatic nitrogens is 1. The lowest BCUT2D eigenvalue weighted by molar-refractivity contribution is 0.511. The van der Waals surface area contributed by atoms with Crippen LogP contribution in [0, 0.1) is 11.6 Å². The summed E-state index contributed by atoms with van der Waals surface area (Å²) in [4.78, 5) is 2.99. The van der Waals surface area contributed by atoms with Gasteiger partial charge in [0.25, 0.3) is 0 Å². The monoisotopic (exact) mass is 271 g/mol. The Balaban J connectivity index is 2.07. The number of benzene rings is 2. The summed E-state index contributed by atoms with van der Waals surface area (Å²) in [5, 5.41) is 0.701. The van der Waals surface area contributed by atoms with Crippen molar-refractivity contribution in [1.82, 2.24) is 4.98 Å². The summed E-state index contributed by atoms with van der Waals surface area (Å²) < 4.78 is 26.6. The third-order valence-corrected chi connectivity index (χ3v) is 3.53. The second-order valence-corrected chi connectivity index (χ2v) is 4.96. The average Bonchev–Trinajstić information content (AvgIpc) is 2.83. The van der Waals surface area contributed by atoms with Gasteiger partial charge in [0.2, 0.25) is 0 Å². The lowest BCUT2D eigenvalue weighted by atomic mass is 10.0. The van der Waals surface area contributed by atoms with Crippen LogP contribution in [-0.2, 0) is 6.42 Å². The van der Waals surface area contributed by atoms with E-state index in [1.165, 1.54) is 17.7 Å². The zero-order valence-corrected chi connectivity index (χ0v) is 11.2. The van der Waals surface area contributed by atoms with Crippen LogP contribution in [0.5, 0.6) is 0 Å². The van der Waals surface area contributed by atoms with Crippen molar-refractivity contribution in [3.05, 3.63) is 59.8 Å². The maximum absolute atomic E-state index is 13.4. The van der Waals surface area contributed by atoms with Gasteiger partial charge < -0.3 is 4.98 Å². The molecular weight excluding hydrogens is 256 g/mol. The lowest BCUT2D eigenvalue weighted by Gasteiger charge is -2.03. The predicted molar refractivity (Wildman–Crippen MR) is 77.6 cm³/mol. The van der Waals surface area contributed by atoms with Crippen molar-refractivity contribution in [3.8, 4) is 11.1 Å². The molecular formula is C17H15F2N. The molecule has 3 aromatic rings. The summed E-state index contributed by atoms with van der Waals surface area (Å²) in [5.74, 6) is -1.65. The summed E-state index contributed by atoms with van der Waals surface area (Å²) in [7, 11) is 0. The zero-order valence-electron chi connectivity index (χ0n) is 11.2. The Hall–Kier alpha value is -2.16. The normalized spacial score (nSPS) is 11.2. The maximum atomic E-state index is 13.4. The van der Waals surface area contributed by atoms with Crippen LogP contribution in [0.15, 0.2) is 42.6 Å². The van der Waals surface area contributed by atoms with Gasteiger partial charge in [0.1, 0.15) is 0 Å². The highest BCUT2D eigenvalue weighted by Crippen LogP contribution is 2.30. The molecule has 0 atom stereocenters. The second kappa shape index (κ2) is 5.08. The molecule has 0 radical (unpaired) electrons. The number of hydrogen-bond donors (Lipinski definition) is 1. The molecule has 0 saturated carbocycles. The highest BCUT2D eigenvalue weighted by molar-refractivity contribution is 5.95. The largest absolute Gasteiger partial charge is 0.360 e. The van der Waals surface area contributed by atoms with E-state index in [4.69, 9.17) is 0 Å². The van der Waals surface area contributed by atoms with Crippen LogP contribution in [0.1, 0.15) is 18.9 Å². The van der Waals surface area contributed by atoms with Gasteiger partial charge in [-0.05, 0) is 23.6 Å². The van der Waals surface area contributed by atoms with Crippen molar-refractivity contribution in [2.45, 2.75) is 19.8 Å². The topological polar surface area (TPSA) is 15.8 Å². The fourth-order valence-corrected chi connectivity index (χ4v) is 2.50. The van der Waals surface area contributed by atoms with Gasteiger partial charge in [-0.3, -0.25) is 0 Å². The molecule has 0 fully saturated rings. The first-order valence-electron chi connectivity index (χ1n) is 6.74. The van der Waals surface area contributed by atoms with E-state index in [0.717, 1.165) is 24.0 Å². The minimum Gasteiger partial charge on any atom is -0.360 e. The van der Waals surface area contributed by atoms with Gasteiger partial charge >= 0.3 is 0 Å². The summed E-state index contributed by atoms with van der Waals surface area (Å²) in [6, 6.07) is 10.6. The Morgan fingerprint density at radius 3 is 2.40 bits per heavy atom. The van der Waals surface area contributed by atoms with Crippen LogP contribution in [-0.4, -0.2) is 4.98 Å². The van der Waals surface area contributed by atoms with Gasteiger partial charge in [-0.15, -0.1) is 0 Å². The molecule has 3 rings (SSSR count). The summed E-state index contributed by atoms with van der Waals surface area (Å²) >= 11 is 0. The van der Waals surface area contributed by atoms with Gasteiger partial charge in [0, 0.05) is 28.7 Å². The molecule has 2 aromatic carbocycles. The molecule has 0 spiro atoms. The first kappa shape index (κ1) is 12.9. The molecule has 3 heteroatoms. The van der Waals surface area contributed by atoms with E-state index in [0.29, 0.717) is 10.9 Å². The number of rotatable bonds is 3. The van der Waals surface area contributed by atoms with Crippen LogP contribution in [0.2, 0.25) is 0 Å². The van der Waals surface area contributed by atoms with Crippen molar-refractivity contribution in [2.75, 3.05) is 0 Å². The van der Waals surface area contributed by atoms with E-state index in [1.807, 2.05) is 12.1 Å². The van der Waals surface area contributed by atoms with Crippen LogP contribution >= 0.6 is 0 Å². The smallest absolute Gasteiger partial charge is 0.160 e. The lowest BCUT2D eigenvalue weighted by Crippen LogP contribution is -1.85. The Morgan fingerprint density at radius 1 is 1.00 bits per heavy atom. The van der Waals surface area contributed by atoms with Crippen molar-refractivity contribution in [2.24, 2.45) is 0 Å². The number of aromatic amines is 1. The van der Waals surface area contributed by atoms with E-state index in [1.54, 1.807) is 6.20 Å². The summed E-state index contributed by atoms with van der Waals surface area (Å²) in [6.07, 6.45) is 3.95. The maximum Gasteiger partial charge on any atom is 0.160 e. The third-order valence-electron chi connectivity index (χ3n) is 3.53. The molecule has 1 heterocycles. The van der Waals surface area contributed by atoms with Crippen LogP contribution < -0.4 is 0 Å². The van der Waals surface area contributed by atoms with Crippen molar-refractivity contribution in [3.63, 3.8) is 0 Å². The average molecular weight is 271 g/mol. The number of hydrogen-bond acceptors (Lipinski definition) is 0. The van der Waals surface area contributed by atoms with Gasteiger partial charge in [-0.25, -0.2) is 8.78 Å². The zero-order chi connectivity index (χ0) is 14.1. The number of halogens is 2. The van der Waals surface area contributed by atoms with Gasteiger partial charge in [-0.2, -0.15) is 0 Å². The molecule has 102 valence electrons. The quantitative estimate of drug-likeness (QED) is 0.685. The van der Waals surface area contributed by atoms with E-state index in [-0.39, 0.29) is 0 Å². The molecule has 0 aliphatic carbocycles. The molecule has 1 N–H and O–H groups in total. The standard InChI is InChI=1S/C17H15F2N/c1-2-3-11-4-6-12(7-5-11)14-10-20-17-9-16(19)15(18)8-13(14)17/h4-10,20H,2-3H2,1H3. The van der Waals surface area contributed by atoms with Crippen LogP contribution in [0.4, 0.5) is 8.78 Å². The van der Waals surface area contributed by atoms with Gasteiger partial charge in [0.05, 0.1) is 0 Å². The molecule has 0 amide bonds. The van der Waals surface area contributed by atoms with Crippen LogP contribution in [0.3, 0.4) is 0 Å². The highest BCUT2D eigenvalue weighted by atomic mass is 19.2. The summed E-state index contributed by atoms with van der Waals surface area (Å²) in [5.41, 5.74) is 3.79. The summed E-state index contributed by atoms with van der Waals surface area (Å²) in [6.45, 7) is 2.14. The Morgan fingerprint density at radius 2 is 1.70 bits per heavy atom. The molecule has 0 saturated heterocycles. The van der Waals surface area contributed by atoms with Gasteiger partial charge in [-0.1, -0.05) is 37.6 Å². The highest BCUT2D eigenvalue weighted by Gasteiger charge is 2.10. The minimum atomic E-state index is -0.829. The minimum absolute atomic E-state index is 0.608. The van der Waals surface area contributed by atoms with Crippen molar-refractivity contribution in [1.29, 1.82) is 0 Å². The predicted octanol–water partition coefficient (Wildman–Crippen LogP) is 5.07. The van der Waals surface area contributed by atoms with E-state index in [9.17, 15) is 8.78 Å². The molecule has 0 aliphatic rings. The Bertz CT molecular complexity index is 742. The number of H-pyrrole nitrogens is 1.